The molecule has 1 aromatic rings. The van der Waals surface area contributed by atoms with Gasteiger partial charge in [0.25, 0.3) is 0 Å². The van der Waals surface area contributed by atoms with Crippen molar-refractivity contribution in [1.82, 2.24) is 0 Å². The van der Waals surface area contributed by atoms with Crippen LogP contribution in [0.25, 0.3) is 0 Å². The Morgan fingerprint density at radius 3 is 2.27 bits per heavy atom. The Bertz CT molecular complexity index is 279. The van der Waals surface area contributed by atoms with Gasteiger partial charge in [-0.3, -0.25) is 0 Å². The molecule has 0 aromatic heterocycles. The molecule has 0 aliphatic rings. The number of benzene rings is 1. The Morgan fingerprint density at radius 2 is 1.80 bits per heavy atom. The fourth-order valence-corrected chi connectivity index (χ4v) is 1.51. The summed E-state index contributed by atoms with van der Waals surface area (Å²) < 4.78 is 5.04. The molecule has 2 nitrogen and oxygen atoms in total. The lowest BCUT2D eigenvalue weighted by Crippen LogP contribution is -2.16. The highest BCUT2D eigenvalue weighted by Gasteiger charge is 2.09. The maximum atomic E-state index is 6.06. The maximum absolute atomic E-state index is 6.06. The molecule has 15 heavy (non-hydrogen) atoms. The summed E-state index contributed by atoms with van der Waals surface area (Å²) in [5.41, 5.74) is 8.58. The monoisotopic (exact) mass is 207 g/mol. The van der Waals surface area contributed by atoms with Gasteiger partial charge >= 0.3 is 0 Å². The minimum absolute atomic E-state index is 0.140. The van der Waals surface area contributed by atoms with Crippen LogP contribution in [0, 0.1) is 5.92 Å². The summed E-state index contributed by atoms with van der Waals surface area (Å²) in [4.78, 5) is 0. The van der Waals surface area contributed by atoms with E-state index in [2.05, 4.69) is 38.1 Å². The third-order valence-electron chi connectivity index (χ3n) is 2.68. The molecule has 0 spiro atoms. The lowest BCUT2D eigenvalue weighted by Gasteiger charge is -2.16. The highest BCUT2D eigenvalue weighted by atomic mass is 16.5. The average Bonchev–Trinajstić information content (AvgIpc) is 2.26. The van der Waals surface area contributed by atoms with Gasteiger partial charge in [-0.15, -0.1) is 0 Å². The highest BCUT2D eigenvalue weighted by molar-refractivity contribution is 5.25. The number of nitrogens with two attached hydrogens (primary N) is 1. The lowest BCUT2D eigenvalue weighted by molar-refractivity contribution is 0.202. The summed E-state index contributed by atoms with van der Waals surface area (Å²) in [6.07, 6.45) is 0.966. The smallest absolute Gasteiger partial charge is 0.0502 e. The van der Waals surface area contributed by atoms with Gasteiger partial charge in [0.2, 0.25) is 0 Å². The second-order valence-electron chi connectivity index (χ2n) is 4.25. The third-order valence-corrected chi connectivity index (χ3v) is 2.68. The lowest BCUT2D eigenvalue weighted by atomic mass is 9.96. The minimum atomic E-state index is 0.140. The molecule has 2 N–H and O–H groups in total. The van der Waals surface area contributed by atoms with Crippen molar-refractivity contribution >= 4 is 0 Å². The molecule has 0 bridgehead atoms. The molecule has 0 saturated heterocycles. The molecule has 0 aliphatic carbocycles. The topological polar surface area (TPSA) is 35.2 Å². The Kier molecular flexibility index (Phi) is 4.79. The fourth-order valence-electron chi connectivity index (χ4n) is 1.51. The van der Waals surface area contributed by atoms with E-state index in [1.165, 1.54) is 11.1 Å². The number of methoxy groups -OCH3 is 1. The summed E-state index contributed by atoms with van der Waals surface area (Å²) >= 11 is 0. The van der Waals surface area contributed by atoms with E-state index < -0.39 is 0 Å². The zero-order chi connectivity index (χ0) is 11.3. The van der Waals surface area contributed by atoms with E-state index in [1.54, 1.807) is 7.11 Å². The van der Waals surface area contributed by atoms with Gasteiger partial charge in [0.1, 0.15) is 0 Å². The first-order chi connectivity index (χ1) is 7.15. The van der Waals surface area contributed by atoms with Crippen LogP contribution >= 0.6 is 0 Å². The first-order valence-electron chi connectivity index (χ1n) is 5.48. The molecule has 1 unspecified atom stereocenters. The van der Waals surface area contributed by atoms with E-state index in [0.717, 1.165) is 13.0 Å². The van der Waals surface area contributed by atoms with Crippen molar-refractivity contribution in [2.24, 2.45) is 11.7 Å². The molecular weight excluding hydrogens is 186 g/mol. The molecule has 0 fully saturated rings. The Balaban J connectivity index is 2.63. The molecule has 1 atom stereocenters. The largest absolute Gasteiger partial charge is 0.384 e. The van der Waals surface area contributed by atoms with Gasteiger partial charge in [0.15, 0.2) is 0 Å². The van der Waals surface area contributed by atoms with E-state index in [0.29, 0.717) is 5.92 Å². The SMILES string of the molecule is COCCc1ccc(C(N)C(C)C)cc1. The van der Waals surface area contributed by atoms with Crippen LogP contribution in [0.5, 0.6) is 0 Å². The molecule has 84 valence electrons. The van der Waals surface area contributed by atoms with E-state index in [1.807, 2.05) is 0 Å². The van der Waals surface area contributed by atoms with E-state index in [9.17, 15) is 0 Å². The molecular formula is C13H21NO. The molecule has 0 aliphatic heterocycles. The number of ether oxygens (including phenoxy) is 1. The van der Waals surface area contributed by atoms with Crippen LogP contribution in [0.3, 0.4) is 0 Å². The molecule has 2 heteroatoms. The normalized spacial score (nSPS) is 13.1. The zero-order valence-corrected chi connectivity index (χ0v) is 9.86. The summed E-state index contributed by atoms with van der Waals surface area (Å²) in [5, 5.41) is 0. The first-order valence-corrected chi connectivity index (χ1v) is 5.48. The molecule has 0 heterocycles. The Morgan fingerprint density at radius 1 is 1.20 bits per heavy atom. The molecule has 0 amide bonds. The van der Waals surface area contributed by atoms with E-state index in [-0.39, 0.29) is 6.04 Å². The number of hydrogen-bond acceptors (Lipinski definition) is 2. The minimum Gasteiger partial charge on any atom is -0.384 e. The standard InChI is InChI=1S/C13H21NO/c1-10(2)13(14)12-6-4-11(5-7-12)8-9-15-3/h4-7,10,13H,8-9,14H2,1-3H3. The summed E-state index contributed by atoms with van der Waals surface area (Å²) in [5.74, 6) is 0.481. The number of rotatable bonds is 5. The van der Waals surface area contributed by atoms with Gasteiger partial charge in [0.05, 0.1) is 6.61 Å². The van der Waals surface area contributed by atoms with Crippen LogP contribution in [0.4, 0.5) is 0 Å². The molecule has 0 radical (unpaired) electrons. The van der Waals surface area contributed by atoms with Gasteiger partial charge in [-0.2, -0.15) is 0 Å². The predicted octanol–water partition coefficient (Wildman–Crippen LogP) is 2.53. The summed E-state index contributed by atoms with van der Waals surface area (Å²) in [7, 11) is 1.73. The van der Waals surface area contributed by atoms with Gasteiger partial charge in [-0.05, 0) is 23.5 Å². The van der Waals surface area contributed by atoms with Crippen molar-refractivity contribution in [3.8, 4) is 0 Å². The van der Waals surface area contributed by atoms with Crippen LogP contribution in [0.1, 0.15) is 31.0 Å². The van der Waals surface area contributed by atoms with Crippen molar-refractivity contribution in [3.05, 3.63) is 35.4 Å². The van der Waals surface area contributed by atoms with Crippen molar-refractivity contribution in [3.63, 3.8) is 0 Å². The predicted molar refractivity (Wildman–Crippen MR) is 63.8 cm³/mol. The quantitative estimate of drug-likeness (QED) is 0.805. The Hall–Kier alpha value is -0.860. The average molecular weight is 207 g/mol. The first kappa shape index (κ1) is 12.2. The summed E-state index contributed by atoms with van der Waals surface area (Å²) in [6.45, 7) is 5.06. The zero-order valence-electron chi connectivity index (χ0n) is 9.86. The van der Waals surface area contributed by atoms with Crippen LogP contribution in [0.2, 0.25) is 0 Å². The van der Waals surface area contributed by atoms with Crippen molar-refractivity contribution in [2.45, 2.75) is 26.3 Å². The van der Waals surface area contributed by atoms with Gasteiger partial charge in [0, 0.05) is 13.2 Å². The van der Waals surface area contributed by atoms with Gasteiger partial charge in [-0.1, -0.05) is 38.1 Å². The summed E-state index contributed by atoms with van der Waals surface area (Å²) in [6, 6.07) is 8.65. The molecule has 1 rings (SSSR count). The number of hydrogen-bond donors (Lipinski definition) is 1. The van der Waals surface area contributed by atoms with Gasteiger partial charge < -0.3 is 10.5 Å². The van der Waals surface area contributed by atoms with Crippen LogP contribution in [-0.4, -0.2) is 13.7 Å². The fraction of sp³-hybridized carbons (Fsp3) is 0.538. The van der Waals surface area contributed by atoms with Gasteiger partial charge in [-0.25, -0.2) is 0 Å². The second kappa shape index (κ2) is 5.89. The van der Waals surface area contributed by atoms with Crippen LogP contribution in [-0.2, 0) is 11.2 Å². The second-order valence-corrected chi connectivity index (χ2v) is 4.25. The third kappa shape index (κ3) is 3.65. The van der Waals surface area contributed by atoms with Crippen molar-refractivity contribution < 1.29 is 4.74 Å². The molecule has 0 saturated carbocycles. The highest BCUT2D eigenvalue weighted by Crippen LogP contribution is 2.19. The molecule has 1 aromatic carbocycles. The van der Waals surface area contributed by atoms with E-state index >= 15 is 0 Å². The maximum Gasteiger partial charge on any atom is 0.0502 e. The van der Waals surface area contributed by atoms with Crippen molar-refractivity contribution in [2.75, 3.05) is 13.7 Å². The van der Waals surface area contributed by atoms with Crippen molar-refractivity contribution in [1.29, 1.82) is 0 Å². The van der Waals surface area contributed by atoms with Crippen LogP contribution < -0.4 is 5.73 Å². The van der Waals surface area contributed by atoms with Crippen LogP contribution in [0.15, 0.2) is 24.3 Å². The van der Waals surface area contributed by atoms with E-state index in [4.69, 9.17) is 10.5 Å². The Labute approximate surface area is 92.4 Å².